The van der Waals surface area contributed by atoms with Crippen molar-refractivity contribution in [1.29, 1.82) is 0 Å². The molecular weight excluding hydrogens is 461 g/mol. The van der Waals surface area contributed by atoms with E-state index >= 15 is 0 Å². The lowest BCUT2D eigenvalue weighted by Crippen LogP contribution is -2.45. The fourth-order valence-corrected chi connectivity index (χ4v) is 4.15. The summed E-state index contributed by atoms with van der Waals surface area (Å²) in [6.45, 7) is 1.69. The van der Waals surface area contributed by atoms with Gasteiger partial charge in [-0.3, -0.25) is 9.59 Å². The second kappa shape index (κ2) is 9.41. The molecule has 1 unspecified atom stereocenters. The first-order valence-electron chi connectivity index (χ1n) is 11.0. The van der Waals surface area contributed by atoms with Gasteiger partial charge in [-0.05, 0) is 30.2 Å². The van der Waals surface area contributed by atoms with Crippen LogP contribution in [-0.2, 0) is 6.54 Å². The second-order valence-corrected chi connectivity index (χ2v) is 8.60. The zero-order chi connectivity index (χ0) is 25.3. The van der Waals surface area contributed by atoms with E-state index < -0.39 is 42.6 Å². The molecule has 0 saturated carbocycles. The van der Waals surface area contributed by atoms with Crippen LogP contribution in [0.5, 0.6) is 0 Å². The summed E-state index contributed by atoms with van der Waals surface area (Å²) in [6, 6.07) is 10.0. The second-order valence-electron chi connectivity index (χ2n) is 8.60. The molecule has 0 aliphatic carbocycles. The summed E-state index contributed by atoms with van der Waals surface area (Å²) in [4.78, 5) is 24.5. The van der Waals surface area contributed by atoms with Crippen LogP contribution in [0.2, 0.25) is 0 Å². The first kappa shape index (κ1) is 24.3. The Morgan fingerprint density at radius 1 is 1.23 bits per heavy atom. The minimum absolute atomic E-state index is 0.0403. The number of hydrogen-bond acceptors (Lipinski definition) is 5. The molecule has 2 amide bonds. The molecule has 1 aliphatic heterocycles. The van der Waals surface area contributed by atoms with Crippen LogP contribution in [-0.4, -0.2) is 40.6 Å². The highest BCUT2D eigenvalue weighted by Crippen LogP contribution is 2.34. The van der Waals surface area contributed by atoms with Gasteiger partial charge in [0.25, 0.3) is 17.7 Å². The lowest BCUT2D eigenvalue weighted by molar-refractivity contribution is -0.0377. The van der Waals surface area contributed by atoms with E-state index in [4.69, 9.17) is 11.5 Å². The molecular formula is C24H25F3N6O2. The number of carbonyl (C=O) groups excluding carboxylic acids is 2. The van der Waals surface area contributed by atoms with Crippen molar-refractivity contribution in [3.05, 3.63) is 70.5 Å². The molecule has 1 fully saturated rings. The normalized spacial score (nSPS) is 17.2. The summed E-state index contributed by atoms with van der Waals surface area (Å²) in [7, 11) is 0. The molecule has 1 saturated heterocycles. The number of primary amides is 1. The van der Waals surface area contributed by atoms with Crippen LogP contribution in [0.3, 0.4) is 0 Å². The highest BCUT2D eigenvalue weighted by atomic mass is 19.3. The minimum Gasteiger partial charge on any atom is -0.383 e. The van der Waals surface area contributed by atoms with Gasteiger partial charge in [-0.2, -0.15) is 5.10 Å². The van der Waals surface area contributed by atoms with Gasteiger partial charge in [0.2, 0.25) is 0 Å². The Hall–Kier alpha value is -3.86. The van der Waals surface area contributed by atoms with Crippen LogP contribution >= 0.6 is 0 Å². The van der Waals surface area contributed by atoms with Crippen LogP contribution in [0.25, 0.3) is 11.3 Å². The molecule has 6 N–H and O–H groups in total. The maximum Gasteiger partial charge on any atom is 0.262 e. The van der Waals surface area contributed by atoms with Crippen LogP contribution < -0.4 is 22.1 Å². The van der Waals surface area contributed by atoms with Gasteiger partial charge in [0.05, 0.1) is 12.6 Å². The van der Waals surface area contributed by atoms with E-state index in [0.29, 0.717) is 11.1 Å². The standard InChI is InChI=1S/C24H25F3N6O2/c1-13-2-7-16(25)8-18(13)23(35)31-10-14-3-5-15(6-4-14)20-19(22(29)34)21(28)33(32-20)17-9-24(26,27)12-30-11-17/h2-8,17,30H,9-12,28H2,1H3,(H2,29,34)(H,31,35). The number of alkyl halides is 2. The van der Waals surface area contributed by atoms with E-state index in [-0.39, 0.29) is 35.7 Å². The number of anilines is 1. The average molecular weight is 486 g/mol. The van der Waals surface area contributed by atoms with Gasteiger partial charge in [0.15, 0.2) is 0 Å². The third-order valence-corrected chi connectivity index (χ3v) is 5.96. The third kappa shape index (κ3) is 5.14. The van der Waals surface area contributed by atoms with Crippen molar-refractivity contribution in [3.8, 4) is 11.3 Å². The smallest absolute Gasteiger partial charge is 0.262 e. The first-order valence-corrected chi connectivity index (χ1v) is 11.0. The molecule has 1 aliphatic rings. The predicted molar refractivity (Wildman–Crippen MR) is 124 cm³/mol. The number of aryl methyl sites for hydroxylation is 1. The SMILES string of the molecule is Cc1ccc(F)cc1C(=O)NCc1ccc(-c2nn(C3CNCC(F)(F)C3)c(N)c2C(N)=O)cc1. The number of nitrogens with one attached hydrogen (secondary N) is 2. The number of rotatable bonds is 6. The molecule has 0 radical (unpaired) electrons. The Morgan fingerprint density at radius 2 is 1.94 bits per heavy atom. The van der Waals surface area contributed by atoms with Gasteiger partial charge in [-0.15, -0.1) is 0 Å². The molecule has 0 bridgehead atoms. The largest absolute Gasteiger partial charge is 0.383 e. The van der Waals surface area contributed by atoms with Crippen molar-refractivity contribution in [2.75, 3.05) is 18.8 Å². The lowest BCUT2D eigenvalue weighted by Gasteiger charge is -2.30. The Balaban J connectivity index is 1.54. The van der Waals surface area contributed by atoms with E-state index in [1.807, 2.05) is 0 Å². The molecule has 35 heavy (non-hydrogen) atoms. The number of nitrogens with two attached hydrogens (primary N) is 2. The number of halogens is 3. The van der Waals surface area contributed by atoms with Gasteiger partial charge in [0, 0.05) is 30.6 Å². The topological polar surface area (TPSA) is 128 Å². The number of amides is 2. The number of nitrogen functional groups attached to an aromatic ring is 1. The van der Waals surface area contributed by atoms with E-state index in [2.05, 4.69) is 15.7 Å². The van der Waals surface area contributed by atoms with Crippen molar-refractivity contribution in [3.63, 3.8) is 0 Å². The Labute approximate surface area is 199 Å². The Bertz CT molecular complexity index is 1270. The number of piperidine rings is 1. The molecule has 2 aromatic carbocycles. The Morgan fingerprint density at radius 3 is 2.60 bits per heavy atom. The number of hydrogen-bond donors (Lipinski definition) is 4. The predicted octanol–water partition coefficient (Wildman–Crippen LogP) is 2.78. The van der Waals surface area contributed by atoms with Crippen molar-refractivity contribution in [2.45, 2.75) is 31.9 Å². The van der Waals surface area contributed by atoms with Crippen LogP contribution in [0.1, 0.15) is 44.3 Å². The van der Waals surface area contributed by atoms with Gasteiger partial charge in [0.1, 0.15) is 22.9 Å². The van der Waals surface area contributed by atoms with E-state index in [1.54, 1.807) is 31.2 Å². The van der Waals surface area contributed by atoms with Crippen molar-refractivity contribution >= 4 is 17.6 Å². The summed E-state index contributed by atoms with van der Waals surface area (Å²) >= 11 is 0. The van der Waals surface area contributed by atoms with Crippen molar-refractivity contribution in [1.82, 2.24) is 20.4 Å². The number of benzene rings is 2. The number of aromatic nitrogens is 2. The highest BCUT2D eigenvalue weighted by molar-refractivity contribution is 6.03. The number of nitrogens with zero attached hydrogens (tertiary/aromatic N) is 2. The van der Waals surface area contributed by atoms with Gasteiger partial charge in [-0.25, -0.2) is 17.9 Å². The zero-order valence-corrected chi connectivity index (χ0v) is 18.9. The minimum atomic E-state index is -2.93. The van der Waals surface area contributed by atoms with Crippen LogP contribution in [0.15, 0.2) is 42.5 Å². The molecule has 184 valence electrons. The summed E-state index contributed by atoms with van der Waals surface area (Å²) < 4.78 is 42.5. The van der Waals surface area contributed by atoms with Gasteiger partial charge < -0.3 is 22.1 Å². The molecule has 3 aromatic rings. The third-order valence-electron chi connectivity index (χ3n) is 5.96. The quantitative estimate of drug-likeness (QED) is 0.426. The monoisotopic (exact) mass is 486 g/mol. The molecule has 1 aromatic heterocycles. The highest BCUT2D eigenvalue weighted by Gasteiger charge is 2.39. The summed E-state index contributed by atoms with van der Waals surface area (Å²) in [6.07, 6.45) is -0.465. The fraction of sp³-hybridized carbons (Fsp3) is 0.292. The Kier molecular flexibility index (Phi) is 6.53. The lowest BCUT2D eigenvalue weighted by atomic mass is 10.0. The average Bonchev–Trinajstić information content (AvgIpc) is 3.16. The summed E-state index contributed by atoms with van der Waals surface area (Å²) in [5.74, 6) is -4.72. The zero-order valence-electron chi connectivity index (χ0n) is 18.9. The van der Waals surface area contributed by atoms with Crippen molar-refractivity contribution < 1.29 is 22.8 Å². The summed E-state index contributed by atoms with van der Waals surface area (Å²) in [5.41, 5.74) is 13.9. The molecule has 4 rings (SSSR count). The van der Waals surface area contributed by atoms with Crippen molar-refractivity contribution in [2.24, 2.45) is 5.73 Å². The maximum atomic E-state index is 13.9. The van der Waals surface area contributed by atoms with Gasteiger partial charge in [-0.1, -0.05) is 30.3 Å². The van der Waals surface area contributed by atoms with E-state index in [9.17, 15) is 22.8 Å². The number of carbonyl (C=O) groups is 2. The van der Waals surface area contributed by atoms with E-state index in [1.165, 1.54) is 22.9 Å². The van der Waals surface area contributed by atoms with Gasteiger partial charge >= 0.3 is 0 Å². The molecule has 8 nitrogen and oxygen atoms in total. The van der Waals surface area contributed by atoms with E-state index in [0.717, 1.165) is 5.56 Å². The van der Waals surface area contributed by atoms with Crippen LogP contribution in [0, 0.1) is 12.7 Å². The molecule has 2 heterocycles. The molecule has 11 heteroatoms. The summed E-state index contributed by atoms with van der Waals surface area (Å²) in [5, 5.41) is 9.76. The fourth-order valence-electron chi connectivity index (χ4n) is 4.15. The van der Waals surface area contributed by atoms with Crippen LogP contribution in [0.4, 0.5) is 19.0 Å². The molecule has 0 spiro atoms. The molecule has 1 atom stereocenters. The first-order chi connectivity index (χ1) is 16.6. The maximum absolute atomic E-state index is 13.9.